The van der Waals surface area contributed by atoms with E-state index in [1.807, 2.05) is 23.1 Å². The van der Waals surface area contributed by atoms with E-state index < -0.39 is 0 Å². The summed E-state index contributed by atoms with van der Waals surface area (Å²) >= 11 is 8.46. The van der Waals surface area contributed by atoms with Crippen molar-refractivity contribution in [2.75, 3.05) is 11.4 Å². The van der Waals surface area contributed by atoms with Crippen molar-refractivity contribution < 1.29 is 4.57 Å². The molecule has 0 bridgehead atoms. The van der Waals surface area contributed by atoms with Gasteiger partial charge in [-0.2, -0.15) is 4.57 Å². The van der Waals surface area contributed by atoms with Crippen molar-refractivity contribution in [1.29, 1.82) is 0 Å². The first kappa shape index (κ1) is 21.4. The highest BCUT2D eigenvalue weighted by Gasteiger charge is 2.23. The number of aromatic nitrogens is 1. The van der Waals surface area contributed by atoms with Gasteiger partial charge in [-0.15, -0.1) is 0 Å². The molecule has 0 saturated carbocycles. The van der Waals surface area contributed by atoms with E-state index in [9.17, 15) is 0 Å². The van der Waals surface area contributed by atoms with Crippen LogP contribution in [0.1, 0.15) is 18.9 Å². The Balaban J connectivity index is 1.52. The zero-order valence-corrected chi connectivity index (χ0v) is 22.2. The van der Waals surface area contributed by atoms with Crippen molar-refractivity contribution in [2.45, 2.75) is 25.3 Å². The fourth-order valence-electron chi connectivity index (χ4n) is 3.39. The van der Waals surface area contributed by atoms with E-state index in [4.69, 9.17) is 0 Å². The van der Waals surface area contributed by atoms with Gasteiger partial charge in [-0.3, -0.25) is 0 Å². The number of nitrogens with zero attached hydrogens (tertiary/aromatic N) is 2. The Bertz CT molecular complexity index is 1150. The number of halogens is 2. The monoisotopic (exact) mass is 643 g/mol. The van der Waals surface area contributed by atoms with Crippen LogP contribution in [-0.2, 0) is 6.54 Å². The number of hydrogen-bond acceptors (Lipinski definition) is 3. The molecule has 0 amide bonds. The van der Waals surface area contributed by atoms with Crippen LogP contribution in [0.5, 0.6) is 0 Å². The number of aryl methyl sites for hydroxylation is 1. The molecule has 0 saturated heterocycles. The molecule has 2 nitrogen and oxygen atoms in total. The average molecular weight is 643 g/mol. The third-order valence-electron chi connectivity index (χ3n) is 4.72. The predicted octanol–water partition coefficient (Wildman–Crippen LogP) is 7.46. The summed E-state index contributed by atoms with van der Waals surface area (Å²) in [6.07, 6.45) is 10.8. The van der Waals surface area contributed by atoms with Gasteiger partial charge in [0, 0.05) is 30.7 Å². The van der Waals surface area contributed by atoms with E-state index in [0.29, 0.717) is 0 Å². The minimum Gasteiger partial charge on any atom is -0.335 e. The fraction of sp³-hybridized carbons (Fsp3) is 0.174. The number of fused-ring (bicyclic) bond motifs is 2. The van der Waals surface area contributed by atoms with Crippen molar-refractivity contribution >= 4 is 90.3 Å². The smallest absolute Gasteiger partial charge is 0.262 e. The summed E-state index contributed by atoms with van der Waals surface area (Å²) in [5, 5.41) is 2.57. The van der Waals surface area contributed by atoms with Crippen molar-refractivity contribution in [3.05, 3.63) is 77.9 Å². The second-order valence-corrected chi connectivity index (χ2v) is 11.1. The van der Waals surface area contributed by atoms with Crippen LogP contribution in [0.4, 0.5) is 5.69 Å². The molecule has 148 valence electrons. The molecule has 2 aromatic carbocycles. The highest BCUT2D eigenvalue weighted by Crippen LogP contribution is 2.46. The van der Waals surface area contributed by atoms with Crippen LogP contribution in [0.2, 0.25) is 0 Å². The van der Waals surface area contributed by atoms with Crippen LogP contribution in [0, 0.1) is 7.14 Å². The molecule has 1 aromatic heterocycles. The summed E-state index contributed by atoms with van der Waals surface area (Å²) in [4.78, 5) is 3.72. The Labute approximate surface area is 207 Å². The van der Waals surface area contributed by atoms with E-state index in [1.54, 1.807) is 0 Å². The molecule has 0 atom stereocenters. The van der Waals surface area contributed by atoms with Gasteiger partial charge in [0.2, 0.25) is 5.52 Å². The number of allylic oxidation sites excluding steroid dienone is 4. The van der Waals surface area contributed by atoms with Crippen LogP contribution < -0.4 is 9.47 Å². The van der Waals surface area contributed by atoms with Crippen LogP contribution >= 0.6 is 68.3 Å². The normalized spacial score (nSPS) is 15.4. The Kier molecular flexibility index (Phi) is 7.03. The Hall–Kier alpha value is -0.840. The maximum atomic E-state index is 2.38. The molecule has 6 heteroatoms. The van der Waals surface area contributed by atoms with E-state index in [-0.39, 0.29) is 0 Å². The number of thiazole rings is 1. The number of rotatable bonds is 5. The highest BCUT2D eigenvalue weighted by atomic mass is 127. The Morgan fingerprint density at radius 1 is 1.00 bits per heavy atom. The topological polar surface area (TPSA) is 7.12 Å². The van der Waals surface area contributed by atoms with Gasteiger partial charge in [0.15, 0.2) is 0 Å². The summed E-state index contributed by atoms with van der Waals surface area (Å²) < 4.78 is 6.28. The molecule has 29 heavy (non-hydrogen) atoms. The minimum atomic E-state index is 0.979. The Morgan fingerprint density at radius 3 is 2.59 bits per heavy atom. The zero-order chi connectivity index (χ0) is 20.4. The maximum Gasteiger partial charge on any atom is 0.262 e. The van der Waals surface area contributed by atoms with Gasteiger partial charge >= 0.3 is 0 Å². The van der Waals surface area contributed by atoms with Crippen LogP contribution in [0.25, 0.3) is 16.3 Å². The summed E-state index contributed by atoms with van der Waals surface area (Å²) in [5.74, 6) is 0. The summed E-state index contributed by atoms with van der Waals surface area (Å²) in [6, 6.07) is 13.3. The SMILES string of the molecule is CCN1/C(=C/C=C/C=C/c2sc3ccc(I)cc3[n+]2CC)Sc2ccc(I)cc21. The zero-order valence-electron chi connectivity index (χ0n) is 16.2. The average Bonchev–Trinajstić information content (AvgIpc) is 3.23. The Morgan fingerprint density at radius 2 is 1.79 bits per heavy atom. The molecule has 1 aliphatic rings. The number of hydrogen-bond donors (Lipinski definition) is 0. The standard InChI is InChI=1S/C23H21I2N2S2/c1-3-26-18-14-16(24)10-12-20(18)28-22(26)8-6-5-7-9-23-27(4-2)19-15-17(25)11-13-21(19)29-23/h5-15H,3-4H2,1-2H3/q+1. The summed E-state index contributed by atoms with van der Waals surface area (Å²) in [5.41, 5.74) is 2.65. The third kappa shape index (κ3) is 4.60. The first-order valence-electron chi connectivity index (χ1n) is 9.52. The van der Waals surface area contributed by atoms with E-state index in [1.165, 1.54) is 38.0 Å². The molecule has 4 rings (SSSR count). The molecule has 0 fully saturated rings. The van der Waals surface area contributed by atoms with E-state index in [2.05, 4.69) is 135 Å². The number of anilines is 1. The van der Waals surface area contributed by atoms with Crippen molar-refractivity contribution in [3.8, 4) is 0 Å². The third-order valence-corrected chi connectivity index (χ3v) is 8.32. The molecular formula is C23H21I2N2S2+. The molecule has 3 aromatic rings. The van der Waals surface area contributed by atoms with Crippen molar-refractivity contribution in [2.24, 2.45) is 0 Å². The first-order valence-corrected chi connectivity index (χ1v) is 13.3. The predicted molar refractivity (Wildman–Crippen MR) is 145 cm³/mol. The van der Waals surface area contributed by atoms with Gasteiger partial charge in [-0.05, 0) is 95.4 Å². The van der Waals surface area contributed by atoms with E-state index >= 15 is 0 Å². The fourth-order valence-corrected chi connectivity index (χ4v) is 6.58. The lowest BCUT2D eigenvalue weighted by molar-refractivity contribution is -0.665. The highest BCUT2D eigenvalue weighted by molar-refractivity contribution is 14.1. The lowest BCUT2D eigenvalue weighted by Gasteiger charge is -2.17. The van der Waals surface area contributed by atoms with Gasteiger partial charge in [-0.25, -0.2) is 0 Å². The molecule has 0 spiro atoms. The van der Waals surface area contributed by atoms with Crippen LogP contribution in [0.3, 0.4) is 0 Å². The second-order valence-electron chi connectivity index (χ2n) is 6.50. The molecule has 0 aliphatic carbocycles. The van der Waals surface area contributed by atoms with E-state index in [0.717, 1.165) is 13.1 Å². The lowest BCUT2D eigenvalue weighted by atomic mass is 10.3. The first-order chi connectivity index (χ1) is 14.1. The van der Waals surface area contributed by atoms with Gasteiger partial charge in [0.25, 0.3) is 5.01 Å². The quantitative estimate of drug-likeness (QED) is 0.162. The second kappa shape index (κ2) is 9.53. The molecule has 2 heterocycles. The van der Waals surface area contributed by atoms with Gasteiger partial charge in [0.1, 0.15) is 11.2 Å². The van der Waals surface area contributed by atoms with Crippen molar-refractivity contribution in [3.63, 3.8) is 0 Å². The summed E-state index contributed by atoms with van der Waals surface area (Å²) in [6.45, 7) is 6.37. The van der Waals surface area contributed by atoms with Crippen LogP contribution in [-0.4, -0.2) is 6.54 Å². The lowest BCUT2D eigenvalue weighted by Crippen LogP contribution is -2.33. The maximum absolute atomic E-state index is 2.38. The molecule has 1 aliphatic heterocycles. The minimum absolute atomic E-state index is 0.979. The largest absolute Gasteiger partial charge is 0.335 e. The molecule has 0 radical (unpaired) electrons. The van der Waals surface area contributed by atoms with Crippen LogP contribution in [0.15, 0.2) is 70.6 Å². The molecule has 0 unspecified atom stereocenters. The van der Waals surface area contributed by atoms with Gasteiger partial charge in [-0.1, -0.05) is 41.3 Å². The number of thioether (sulfide) groups is 1. The summed E-state index contributed by atoms with van der Waals surface area (Å²) in [7, 11) is 0. The number of benzene rings is 2. The van der Waals surface area contributed by atoms with Gasteiger partial charge in [0.05, 0.1) is 10.7 Å². The molecule has 0 N–H and O–H groups in total. The van der Waals surface area contributed by atoms with Gasteiger partial charge < -0.3 is 4.90 Å². The molecular weight excluding hydrogens is 622 g/mol. The van der Waals surface area contributed by atoms with Crippen molar-refractivity contribution in [1.82, 2.24) is 0 Å².